The van der Waals surface area contributed by atoms with Gasteiger partial charge in [-0.3, -0.25) is 9.69 Å². The number of rotatable bonds is 5. The summed E-state index contributed by atoms with van der Waals surface area (Å²) >= 11 is 1.31. The van der Waals surface area contributed by atoms with Crippen LogP contribution in [0.15, 0.2) is 71.1 Å². The van der Waals surface area contributed by atoms with Crippen LogP contribution in [0, 0.1) is 6.92 Å². The summed E-state index contributed by atoms with van der Waals surface area (Å²) in [6.07, 6.45) is 3.79. The smallest absolute Gasteiger partial charge is 0.335 e. The molecule has 156 valence electrons. The Labute approximate surface area is 184 Å². The van der Waals surface area contributed by atoms with Crippen molar-refractivity contribution < 1.29 is 14.7 Å². The number of hydrogen-bond acceptors (Lipinski definition) is 4. The highest BCUT2D eigenvalue weighted by Crippen LogP contribution is 2.36. The number of fused-ring (bicyclic) bond motifs is 1. The molecule has 0 unspecified atom stereocenters. The van der Waals surface area contributed by atoms with Crippen molar-refractivity contribution in [2.45, 2.75) is 13.5 Å². The first-order valence-corrected chi connectivity index (χ1v) is 10.5. The molecule has 2 heterocycles. The van der Waals surface area contributed by atoms with Gasteiger partial charge < -0.3 is 9.67 Å². The molecule has 1 fully saturated rings. The van der Waals surface area contributed by atoms with E-state index in [4.69, 9.17) is 5.11 Å². The van der Waals surface area contributed by atoms with Gasteiger partial charge in [0.25, 0.3) is 5.91 Å². The van der Waals surface area contributed by atoms with E-state index in [1.54, 1.807) is 19.2 Å². The largest absolute Gasteiger partial charge is 0.478 e. The molecule has 0 bridgehead atoms. The summed E-state index contributed by atoms with van der Waals surface area (Å²) < 4.78 is 2.18. The highest BCUT2D eigenvalue weighted by Gasteiger charge is 2.31. The van der Waals surface area contributed by atoms with E-state index < -0.39 is 5.97 Å². The highest BCUT2D eigenvalue weighted by molar-refractivity contribution is 8.18. The Morgan fingerprint density at radius 1 is 1.19 bits per heavy atom. The number of para-hydroxylation sites is 1. The van der Waals surface area contributed by atoms with Crippen molar-refractivity contribution in [2.24, 2.45) is 4.99 Å². The Kier molecular flexibility index (Phi) is 5.52. The monoisotopic (exact) mass is 431 g/mol. The number of nitrogens with zero attached hydrogens (tertiary/aromatic N) is 3. The second kappa shape index (κ2) is 8.28. The lowest BCUT2D eigenvalue weighted by Crippen LogP contribution is -2.23. The number of likely N-dealkylation sites (N-methyl/N-ethyl adjacent to an activating group) is 1. The number of amides is 1. The molecule has 0 spiro atoms. The van der Waals surface area contributed by atoms with Crippen LogP contribution in [0.3, 0.4) is 0 Å². The second-order valence-electron chi connectivity index (χ2n) is 7.14. The number of carbonyl (C=O) groups excluding carboxylic acids is 1. The van der Waals surface area contributed by atoms with Gasteiger partial charge in [0.15, 0.2) is 5.17 Å². The van der Waals surface area contributed by atoms with Crippen molar-refractivity contribution in [3.05, 3.63) is 82.9 Å². The van der Waals surface area contributed by atoms with Crippen LogP contribution in [0.2, 0.25) is 0 Å². The number of allylic oxidation sites excluding steroid dienone is 1. The maximum Gasteiger partial charge on any atom is 0.335 e. The van der Waals surface area contributed by atoms with E-state index in [1.165, 1.54) is 28.8 Å². The van der Waals surface area contributed by atoms with E-state index in [-0.39, 0.29) is 11.5 Å². The van der Waals surface area contributed by atoms with Crippen LogP contribution in [0.25, 0.3) is 17.0 Å². The Hall–Kier alpha value is -3.58. The molecule has 1 N–H and O–H groups in total. The SMILES string of the molecule is C=CCn1c(C)c(C=C2SC(=Nc3ccc(C(=O)O)cc3)N(C)C2=O)c2ccccc21. The van der Waals surface area contributed by atoms with Gasteiger partial charge in [0.1, 0.15) is 0 Å². The third kappa shape index (κ3) is 3.80. The molecule has 0 atom stereocenters. The number of thioether (sulfide) groups is 1. The molecule has 3 aromatic rings. The van der Waals surface area contributed by atoms with Crippen LogP contribution >= 0.6 is 11.8 Å². The van der Waals surface area contributed by atoms with Gasteiger partial charge >= 0.3 is 5.97 Å². The molecule has 1 aliphatic rings. The van der Waals surface area contributed by atoms with Crippen molar-refractivity contribution in [1.29, 1.82) is 0 Å². The lowest BCUT2D eigenvalue weighted by molar-refractivity contribution is -0.121. The zero-order chi connectivity index (χ0) is 22.1. The average Bonchev–Trinajstić information content (AvgIpc) is 3.18. The maximum atomic E-state index is 12.9. The van der Waals surface area contributed by atoms with Gasteiger partial charge in [0, 0.05) is 35.8 Å². The van der Waals surface area contributed by atoms with Crippen molar-refractivity contribution in [1.82, 2.24) is 9.47 Å². The predicted octanol–water partition coefficient (Wildman–Crippen LogP) is 5.07. The van der Waals surface area contributed by atoms with E-state index in [9.17, 15) is 9.59 Å². The van der Waals surface area contributed by atoms with Crippen LogP contribution in [0.1, 0.15) is 21.6 Å². The lowest BCUT2D eigenvalue weighted by Gasteiger charge is -2.07. The predicted molar refractivity (Wildman–Crippen MR) is 126 cm³/mol. The molecule has 7 heteroatoms. The first-order chi connectivity index (χ1) is 14.9. The first-order valence-electron chi connectivity index (χ1n) is 9.69. The van der Waals surface area contributed by atoms with Crippen molar-refractivity contribution in [3.63, 3.8) is 0 Å². The van der Waals surface area contributed by atoms with Gasteiger partial charge in [0.05, 0.1) is 16.2 Å². The number of carboxylic acid groups (broad SMARTS) is 1. The molecule has 1 aliphatic heterocycles. The van der Waals surface area contributed by atoms with E-state index in [1.807, 2.05) is 31.2 Å². The second-order valence-corrected chi connectivity index (χ2v) is 8.15. The minimum absolute atomic E-state index is 0.120. The molecule has 1 aromatic heterocycles. The molecule has 0 radical (unpaired) electrons. The Balaban J connectivity index is 1.72. The minimum atomic E-state index is -0.988. The molecule has 6 nitrogen and oxygen atoms in total. The molecular formula is C24H21N3O3S. The van der Waals surface area contributed by atoms with Gasteiger partial charge in [-0.25, -0.2) is 9.79 Å². The number of aromatic carboxylic acids is 1. The van der Waals surface area contributed by atoms with Crippen molar-refractivity contribution >= 4 is 51.5 Å². The maximum absolute atomic E-state index is 12.9. The number of aliphatic imine (C=N–C) groups is 1. The van der Waals surface area contributed by atoms with Crippen LogP contribution in [0.5, 0.6) is 0 Å². The molecule has 1 saturated heterocycles. The van der Waals surface area contributed by atoms with Crippen molar-refractivity contribution in [2.75, 3.05) is 7.05 Å². The van der Waals surface area contributed by atoms with Crippen LogP contribution in [0.4, 0.5) is 5.69 Å². The van der Waals surface area contributed by atoms with Gasteiger partial charge in [-0.2, -0.15) is 0 Å². The van der Waals surface area contributed by atoms with Gasteiger partial charge in [-0.15, -0.1) is 6.58 Å². The van der Waals surface area contributed by atoms with Crippen LogP contribution in [-0.2, 0) is 11.3 Å². The van der Waals surface area contributed by atoms with E-state index in [0.717, 1.165) is 22.2 Å². The first kappa shape index (κ1) is 20.7. The zero-order valence-corrected chi connectivity index (χ0v) is 18.0. The summed E-state index contributed by atoms with van der Waals surface area (Å²) in [6.45, 7) is 6.59. The topological polar surface area (TPSA) is 74.9 Å². The number of aromatic nitrogens is 1. The average molecular weight is 432 g/mol. The quantitative estimate of drug-likeness (QED) is 0.452. The molecule has 31 heavy (non-hydrogen) atoms. The lowest BCUT2D eigenvalue weighted by atomic mass is 10.1. The molecule has 4 rings (SSSR count). The number of carboxylic acids is 1. The molecule has 2 aromatic carbocycles. The molecule has 0 saturated carbocycles. The fourth-order valence-corrected chi connectivity index (χ4v) is 4.54. The van der Waals surface area contributed by atoms with Crippen molar-refractivity contribution in [3.8, 4) is 0 Å². The highest BCUT2D eigenvalue weighted by atomic mass is 32.2. The summed E-state index contributed by atoms with van der Waals surface area (Å²) in [5.41, 5.74) is 3.96. The van der Waals surface area contributed by atoms with Gasteiger partial charge in [0.2, 0.25) is 0 Å². The summed E-state index contributed by atoms with van der Waals surface area (Å²) in [5.74, 6) is -1.11. The fraction of sp³-hybridized carbons (Fsp3) is 0.125. The van der Waals surface area contributed by atoms with E-state index >= 15 is 0 Å². The van der Waals surface area contributed by atoms with E-state index in [0.29, 0.717) is 22.3 Å². The summed E-state index contributed by atoms with van der Waals surface area (Å²) in [7, 11) is 1.69. The van der Waals surface area contributed by atoms with Crippen LogP contribution < -0.4 is 0 Å². The fourth-order valence-electron chi connectivity index (χ4n) is 3.58. The Morgan fingerprint density at radius 3 is 2.58 bits per heavy atom. The number of hydrogen-bond donors (Lipinski definition) is 1. The normalized spacial score (nSPS) is 16.6. The summed E-state index contributed by atoms with van der Waals surface area (Å²) in [5, 5.41) is 10.7. The van der Waals surface area contributed by atoms with Gasteiger partial charge in [-0.05, 0) is 55.1 Å². The Morgan fingerprint density at radius 2 is 1.90 bits per heavy atom. The molecular weight excluding hydrogens is 410 g/mol. The van der Waals surface area contributed by atoms with Gasteiger partial charge in [-0.1, -0.05) is 24.3 Å². The number of carbonyl (C=O) groups is 2. The third-order valence-electron chi connectivity index (χ3n) is 5.21. The molecule has 0 aliphatic carbocycles. The van der Waals surface area contributed by atoms with E-state index in [2.05, 4.69) is 28.3 Å². The standard InChI is InChI=1S/C24H21N3O3S/c1-4-13-27-15(2)19(18-7-5-6-8-20(18)27)14-21-22(28)26(3)24(31-21)25-17-11-9-16(10-12-17)23(29)30/h4-12,14H,1,13H2,2-3H3,(H,29,30). The summed E-state index contributed by atoms with van der Waals surface area (Å²) in [6, 6.07) is 14.4. The zero-order valence-electron chi connectivity index (χ0n) is 17.2. The third-order valence-corrected chi connectivity index (χ3v) is 6.27. The number of benzene rings is 2. The summed E-state index contributed by atoms with van der Waals surface area (Å²) in [4.78, 5) is 30.6. The Bertz CT molecular complexity index is 1270. The van der Waals surface area contributed by atoms with Crippen LogP contribution in [-0.4, -0.2) is 38.7 Å². The molecule has 1 amide bonds. The minimum Gasteiger partial charge on any atom is -0.478 e. The number of amidine groups is 1.